The molecule has 0 radical (unpaired) electrons. The van der Waals surface area contributed by atoms with Crippen molar-refractivity contribution in [3.05, 3.63) is 84.7 Å². The van der Waals surface area contributed by atoms with E-state index in [1.807, 2.05) is 54.6 Å². The Morgan fingerprint density at radius 1 is 0.967 bits per heavy atom. The van der Waals surface area contributed by atoms with E-state index in [4.69, 9.17) is 4.74 Å². The van der Waals surface area contributed by atoms with Gasteiger partial charge in [-0.2, -0.15) is 0 Å². The van der Waals surface area contributed by atoms with Crippen LogP contribution in [-0.4, -0.2) is 31.3 Å². The molecule has 9 heteroatoms. The van der Waals surface area contributed by atoms with Gasteiger partial charge < -0.3 is 9.30 Å². The molecule has 0 saturated heterocycles. The standard InChI is InChI=1S/C21H18N6O3/c28-20(25-26-21(29)17-12-22-10-11-23-17)13-27-18-9-5-4-8-16(18)24-19(27)14-30-15-6-2-1-3-7-15/h1-12H,13-14H2,(H,25,28)(H,26,29). The van der Waals surface area contributed by atoms with E-state index in [2.05, 4.69) is 25.8 Å². The predicted molar refractivity (Wildman–Crippen MR) is 108 cm³/mol. The van der Waals surface area contributed by atoms with Gasteiger partial charge in [0.2, 0.25) is 0 Å². The molecule has 2 aromatic heterocycles. The lowest BCUT2D eigenvalue weighted by molar-refractivity contribution is -0.122. The van der Waals surface area contributed by atoms with Gasteiger partial charge in [0.05, 0.1) is 17.2 Å². The van der Waals surface area contributed by atoms with Crippen molar-refractivity contribution in [3.8, 4) is 5.75 Å². The van der Waals surface area contributed by atoms with Gasteiger partial charge in [0, 0.05) is 12.4 Å². The number of imidazole rings is 1. The van der Waals surface area contributed by atoms with Gasteiger partial charge in [0.25, 0.3) is 11.8 Å². The first-order valence-corrected chi connectivity index (χ1v) is 9.18. The van der Waals surface area contributed by atoms with Gasteiger partial charge in [-0.25, -0.2) is 9.97 Å². The van der Waals surface area contributed by atoms with Gasteiger partial charge in [0.15, 0.2) is 0 Å². The van der Waals surface area contributed by atoms with Crippen LogP contribution in [0, 0.1) is 0 Å². The predicted octanol–water partition coefficient (Wildman–Crippen LogP) is 1.87. The number of nitrogens with one attached hydrogen (secondary N) is 2. The minimum absolute atomic E-state index is 0.0469. The van der Waals surface area contributed by atoms with Crippen molar-refractivity contribution in [2.75, 3.05) is 0 Å². The number of amides is 2. The Hall–Kier alpha value is -4.27. The van der Waals surface area contributed by atoms with Gasteiger partial charge in [-0.05, 0) is 24.3 Å². The van der Waals surface area contributed by atoms with Crippen molar-refractivity contribution in [2.45, 2.75) is 13.2 Å². The molecule has 9 nitrogen and oxygen atoms in total. The smallest absolute Gasteiger partial charge is 0.289 e. The lowest BCUT2D eigenvalue weighted by Gasteiger charge is -2.11. The Morgan fingerprint density at radius 3 is 2.57 bits per heavy atom. The first-order valence-electron chi connectivity index (χ1n) is 9.18. The molecule has 4 rings (SSSR count). The second-order valence-electron chi connectivity index (χ2n) is 6.30. The summed E-state index contributed by atoms with van der Waals surface area (Å²) in [6, 6.07) is 16.9. The fraction of sp³-hybridized carbons (Fsp3) is 0.0952. The molecule has 0 aliphatic rings. The quantitative estimate of drug-likeness (QED) is 0.476. The number of hydrogen-bond acceptors (Lipinski definition) is 6. The monoisotopic (exact) mass is 402 g/mol. The number of para-hydroxylation sites is 3. The van der Waals surface area contributed by atoms with Crippen molar-refractivity contribution in [3.63, 3.8) is 0 Å². The number of rotatable bonds is 6. The summed E-state index contributed by atoms with van der Waals surface area (Å²) < 4.78 is 7.55. The molecule has 2 amide bonds. The van der Waals surface area contributed by atoms with Crippen molar-refractivity contribution in [1.82, 2.24) is 30.4 Å². The molecule has 30 heavy (non-hydrogen) atoms. The second kappa shape index (κ2) is 8.82. The van der Waals surface area contributed by atoms with Crippen LogP contribution >= 0.6 is 0 Å². The molecule has 0 spiro atoms. The maximum absolute atomic E-state index is 12.5. The number of benzene rings is 2. The molecule has 150 valence electrons. The van der Waals surface area contributed by atoms with E-state index in [0.29, 0.717) is 11.6 Å². The minimum Gasteiger partial charge on any atom is -0.486 e. The number of carbonyl (C=O) groups excluding carboxylic acids is 2. The van der Waals surface area contributed by atoms with E-state index in [1.54, 1.807) is 4.57 Å². The summed E-state index contributed by atoms with van der Waals surface area (Å²) in [6.45, 7) is 0.146. The van der Waals surface area contributed by atoms with Crippen LogP contribution < -0.4 is 15.6 Å². The van der Waals surface area contributed by atoms with Gasteiger partial charge in [-0.15, -0.1) is 0 Å². The summed E-state index contributed by atoms with van der Waals surface area (Å²) >= 11 is 0. The molecule has 2 heterocycles. The number of hydrogen-bond donors (Lipinski definition) is 2. The Kier molecular flexibility index (Phi) is 5.61. The molecule has 0 aliphatic carbocycles. The van der Waals surface area contributed by atoms with E-state index in [0.717, 1.165) is 11.0 Å². The zero-order valence-corrected chi connectivity index (χ0v) is 15.9. The van der Waals surface area contributed by atoms with Crippen molar-refractivity contribution < 1.29 is 14.3 Å². The van der Waals surface area contributed by atoms with E-state index in [-0.39, 0.29) is 18.8 Å². The number of hydrazine groups is 1. The molecular weight excluding hydrogens is 384 g/mol. The number of aromatic nitrogens is 4. The zero-order valence-electron chi connectivity index (χ0n) is 15.9. The first kappa shape index (κ1) is 19.1. The van der Waals surface area contributed by atoms with Crippen molar-refractivity contribution >= 4 is 22.8 Å². The normalized spacial score (nSPS) is 10.5. The second-order valence-corrected chi connectivity index (χ2v) is 6.30. The Bertz CT molecular complexity index is 1160. The van der Waals surface area contributed by atoms with Gasteiger partial charge >= 0.3 is 0 Å². The highest BCUT2D eigenvalue weighted by molar-refractivity contribution is 5.93. The van der Waals surface area contributed by atoms with Gasteiger partial charge in [-0.3, -0.25) is 25.4 Å². The Balaban J connectivity index is 1.46. The first-order chi connectivity index (χ1) is 14.7. The molecular formula is C21H18N6O3. The number of nitrogens with zero attached hydrogens (tertiary/aromatic N) is 4. The molecule has 0 unspecified atom stereocenters. The van der Waals surface area contributed by atoms with Gasteiger partial charge in [-0.1, -0.05) is 30.3 Å². The molecule has 0 aliphatic heterocycles. The number of ether oxygens (including phenoxy) is 1. The molecule has 4 aromatic rings. The molecule has 0 bridgehead atoms. The highest BCUT2D eigenvalue weighted by Gasteiger charge is 2.15. The largest absolute Gasteiger partial charge is 0.486 e. The highest BCUT2D eigenvalue weighted by atomic mass is 16.5. The summed E-state index contributed by atoms with van der Waals surface area (Å²) in [7, 11) is 0. The fourth-order valence-corrected chi connectivity index (χ4v) is 2.87. The summed E-state index contributed by atoms with van der Waals surface area (Å²) in [6.07, 6.45) is 4.16. The van der Waals surface area contributed by atoms with Crippen LogP contribution in [0.5, 0.6) is 5.75 Å². The summed E-state index contributed by atoms with van der Waals surface area (Å²) in [4.78, 5) is 36.8. The number of fused-ring (bicyclic) bond motifs is 1. The van der Waals surface area contributed by atoms with Crippen LogP contribution in [-0.2, 0) is 17.9 Å². The van der Waals surface area contributed by atoms with Gasteiger partial charge in [0.1, 0.15) is 30.4 Å². The topological polar surface area (TPSA) is 111 Å². The fourth-order valence-electron chi connectivity index (χ4n) is 2.87. The van der Waals surface area contributed by atoms with Crippen LogP contribution in [0.4, 0.5) is 0 Å². The van der Waals surface area contributed by atoms with Crippen LogP contribution in [0.1, 0.15) is 16.3 Å². The SMILES string of the molecule is O=C(Cn1c(COc2ccccc2)nc2ccccc21)NNC(=O)c1cnccn1. The molecule has 0 atom stereocenters. The van der Waals surface area contributed by atoms with E-state index < -0.39 is 11.8 Å². The Morgan fingerprint density at radius 2 is 1.77 bits per heavy atom. The average molecular weight is 402 g/mol. The average Bonchev–Trinajstić information content (AvgIpc) is 3.14. The lowest BCUT2D eigenvalue weighted by Crippen LogP contribution is -2.43. The van der Waals surface area contributed by atoms with E-state index in [9.17, 15) is 9.59 Å². The highest BCUT2D eigenvalue weighted by Crippen LogP contribution is 2.18. The maximum Gasteiger partial charge on any atom is 0.289 e. The molecule has 0 saturated carbocycles. The zero-order chi connectivity index (χ0) is 20.8. The Labute approximate surface area is 171 Å². The van der Waals surface area contributed by atoms with Crippen LogP contribution in [0.15, 0.2) is 73.2 Å². The van der Waals surface area contributed by atoms with Crippen molar-refractivity contribution in [2.24, 2.45) is 0 Å². The van der Waals surface area contributed by atoms with E-state index >= 15 is 0 Å². The number of carbonyl (C=O) groups is 2. The molecule has 2 N–H and O–H groups in total. The third kappa shape index (κ3) is 4.41. The van der Waals surface area contributed by atoms with Crippen LogP contribution in [0.25, 0.3) is 11.0 Å². The third-order valence-corrected chi connectivity index (χ3v) is 4.26. The summed E-state index contributed by atoms with van der Waals surface area (Å²) in [5.74, 6) is 0.322. The molecule has 2 aromatic carbocycles. The van der Waals surface area contributed by atoms with Crippen molar-refractivity contribution in [1.29, 1.82) is 0 Å². The third-order valence-electron chi connectivity index (χ3n) is 4.26. The van der Waals surface area contributed by atoms with Crippen LogP contribution in [0.2, 0.25) is 0 Å². The lowest BCUT2D eigenvalue weighted by atomic mass is 10.3. The van der Waals surface area contributed by atoms with E-state index in [1.165, 1.54) is 18.6 Å². The minimum atomic E-state index is -0.556. The maximum atomic E-state index is 12.5. The summed E-state index contributed by atoms with van der Waals surface area (Å²) in [5.41, 5.74) is 6.36. The molecule has 0 fully saturated rings. The summed E-state index contributed by atoms with van der Waals surface area (Å²) in [5, 5.41) is 0. The van der Waals surface area contributed by atoms with Crippen LogP contribution in [0.3, 0.4) is 0 Å².